The molecule has 1 aliphatic rings. The topological polar surface area (TPSA) is 0 Å². The Morgan fingerprint density at radius 3 is 2.09 bits per heavy atom. The predicted octanol–water partition coefficient (Wildman–Crippen LogP) is 8.11. The Bertz CT molecular complexity index is 321. The van der Waals surface area contributed by atoms with Gasteiger partial charge in [-0.1, -0.05) is 74.7 Å². The van der Waals surface area contributed by atoms with Gasteiger partial charge in [-0.2, -0.15) is 0 Å². The van der Waals surface area contributed by atoms with E-state index in [0.717, 1.165) is 23.7 Å². The van der Waals surface area contributed by atoms with Crippen molar-refractivity contribution in [1.29, 1.82) is 0 Å². The van der Waals surface area contributed by atoms with Gasteiger partial charge >= 0.3 is 0 Å². The molecular weight excluding hydrogens is 276 g/mol. The first-order valence-electron chi connectivity index (χ1n) is 10.5. The molecule has 1 aliphatic carbocycles. The summed E-state index contributed by atoms with van der Waals surface area (Å²) in [6.07, 6.45) is 13.0. The molecule has 0 aromatic heterocycles. The highest BCUT2D eigenvalue weighted by atomic mass is 14.4. The van der Waals surface area contributed by atoms with E-state index < -0.39 is 0 Å². The molecule has 138 valence electrons. The second kappa shape index (κ2) is 8.91. The molecule has 0 nitrogen and oxygen atoms in total. The third kappa shape index (κ3) is 9.16. The van der Waals surface area contributed by atoms with Gasteiger partial charge in [0.2, 0.25) is 0 Å². The summed E-state index contributed by atoms with van der Waals surface area (Å²) in [6.45, 7) is 19.4. The fraction of sp³-hybridized carbons (Fsp3) is 1.00. The SMILES string of the molecule is CCCC(C)(CCC(C)C)CC(C)CCC1CC1CC(C)(C)C. The van der Waals surface area contributed by atoms with Gasteiger partial charge < -0.3 is 0 Å². The summed E-state index contributed by atoms with van der Waals surface area (Å²) in [7, 11) is 0. The summed E-state index contributed by atoms with van der Waals surface area (Å²) in [6, 6.07) is 0. The van der Waals surface area contributed by atoms with Crippen LogP contribution < -0.4 is 0 Å². The van der Waals surface area contributed by atoms with Crippen LogP contribution in [0.4, 0.5) is 0 Å². The van der Waals surface area contributed by atoms with E-state index in [-0.39, 0.29) is 0 Å². The summed E-state index contributed by atoms with van der Waals surface area (Å²) in [5.41, 5.74) is 1.12. The smallest absolute Gasteiger partial charge is 0.0323 e. The lowest BCUT2D eigenvalue weighted by atomic mass is 9.73. The zero-order valence-corrected chi connectivity index (χ0v) is 17.7. The van der Waals surface area contributed by atoms with Crippen LogP contribution in [0.2, 0.25) is 0 Å². The van der Waals surface area contributed by atoms with Crippen molar-refractivity contribution in [2.24, 2.45) is 34.5 Å². The van der Waals surface area contributed by atoms with E-state index in [1.807, 2.05) is 0 Å². The van der Waals surface area contributed by atoms with Crippen molar-refractivity contribution in [1.82, 2.24) is 0 Å². The van der Waals surface area contributed by atoms with Gasteiger partial charge in [0.1, 0.15) is 0 Å². The molecule has 1 fully saturated rings. The van der Waals surface area contributed by atoms with Crippen molar-refractivity contribution in [3.05, 3.63) is 0 Å². The quantitative estimate of drug-likeness (QED) is 0.360. The molecular formula is C23H46. The Morgan fingerprint density at radius 2 is 1.57 bits per heavy atom. The van der Waals surface area contributed by atoms with Gasteiger partial charge in [0.15, 0.2) is 0 Å². The van der Waals surface area contributed by atoms with Crippen LogP contribution >= 0.6 is 0 Å². The lowest BCUT2D eigenvalue weighted by Crippen LogP contribution is -2.20. The highest BCUT2D eigenvalue weighted by Crippen LogP contribution is 2.49. The molecule has 1 saturated carbocycles. The highest BCUT2D eigenvalue weighted by molar-refractivity contribution is 4.89. The van der Waals surface area contributed by atoms with Crippen LogP contribution in [0, 0.1) is 34.5 Å². The standard InChI is InChI=1S/C23H46/c1-9-13-23(8,14-12-18(2)3)16-19(4)10-11-20-15-21(20)17-22(5,6)7/h18-21H,9-17H2,1-8H3. The molecule has 0 amide bonds. The number of hydrogen-bond donors (Lipinski definition) is 0. The monoisotopic (exact) mass is 322 g/mol. The fourth-order valence-electron chi connectivity index (χ4n) is 4.71. The van der Waals surface area contributed by atoms with Crippen LogP contribution in [0.5, 0.6) is 0 Å². The Morgan fingerprint density at radius 1 is 0.913 bits per heavy atom. The van der Waals surface area contributed by atoms with Gasteiger partial charge in [0.05, 0.1) is 0 Å². The Labute approximate surface area is 148 Å². The maximum absolute atomic E-state index is 2.56. The average Bonchev–Trinajstić information content (AvgIpc) is 3.10. The van der Waals surface area contributed by atoms with Crippen LogP contribution in [-0.4, -0.2) is 0 Å². The van der Waals surface area contributed by atoms with E-state index >= 15 is 0 Å². The first-order chi connectivity index (χ1) is 10.5. The molecule has 0 spiro atoms. The van der Waals surface area contributed by atoms with Crippen molar-refractivity contribution in [2.45, 2.75) is 113 Å². The van der Waals surface area contributed by atoms with Crippen molar-refractivity contribution in [3.63, 3.8) is 0 Å². The van der Waals surface area contributed by atoms with Crippen molar-refractivity contribution in [2.75, 3.05) is 0 Å². The summed E-state index contributed by atoms with van der Waals surface area (Å²) >= 11 is 0. The minimum Gasteiger partial charge on any atom is -0.0654 e. The molecule has 0 aliphatic heterocycles. The first-order valence-corrected chi connectivity index (χ1v) is 10.5. The van der Waals surface area contributed by atoms with Gasteiger partial charge in [-0.25, -0.2) is 0 Å². The predicted molar refractivity (Wildman–Crippen MR) is 106 cm³/mol. The zero-order chi connectivity index (χ0) is 17.7. The largest absolute Gasteiger partial charge is 0.0654 e. The fourth-order valence-corrected chi connectivity index (χ4v) is 4.71. The van der Waals surface area contributed by atoms with E-state index in [2.05, 4.69) is 55.4 Å². The average molecular weight is 323 g/mol. The molecule has 4 unspecified atom stereocenters. The number of rotatable bonds is 11. The third-order valence-corrected chi connectivity index (χ3v) is 5.99. The Balaban J connectivity index is 2.32. The van der Waals surface area contributed by atoms with Crippen LogP contribution in [0.15, 0.2) is 0 Å². The van der Waals surface area contributed by atoms with Gasteiger partial charge in [0, 0.05) is 0 Å². The lowest BCUT2D eigenvalue weighted by Gasteiger charge is -2.33. The molecule has 0 N–H and O–H groups in total. The number of hydrogen-bond acceptors (Lipinski definition) is 0. The molecule has 0 aromatic rings. The van der Waals surface area contributed by atoms with Gasteiger partial charge in [-0.3, -0.25) is 0 Å². The van der Waals surface area contributed by atoms with E-state index in [1.54, 1.807) is 0 Å². The lowest BCUT2D eigenvalue weighted by molar-refractivity contribution is 0.187. The van der Waals surface area contributed by atoms with Crippen LogP contribution in [0.1, 0.15) is 113 Å². The maximum atomic E-state index is 2.56. The van der Waals surface area contributed by atoms with E-state index in [4.69, 9.17) is 0 Å². The van der Waals surface area contributed by atoms with Crippen molar-refractivity contribution in [3.8, 4) is 0 Å². The summed E-state index contributed by atoms with van der Waals surface area (Å²) < 4.78 is 0. The summed E-state index contributed by atoms with van der Waals surface area (Å²) in [4.78, 5) is 0. The maximum Gasteiger partial charge on any atom is -0.0323 e. The van der Waals surface area contributed by atoms with Crippen molar-refractivity contribution >= 4 is 0 Å². The highest BCUT2D eigenvalue weighted by Gasteiger charge is 2.39. The normalized spacial score (nSPS) is 25.4. The molecule has 0 heteroatoms. The molecule has 0 aromatic carbocycles. The van der Waals surface area contributed by atoms with E-state index in [9.17, 15) is 0 Å². The molecule has 0 radical (unpaired) electrons. The Hall–Kier alpha value is 0. The van der Waals surface area contributed by atoms with Crippen LogP contribution in [0.25, 0.3) is 0 Å². The second-order valence-electron chi connectivity index (χ2n) is 10.9. The van der Waals surface area contributed by atoms with Crippen molar-refractivity contribution < 1.29 is 0 Å². The van der Waals surface area contributed by atoms with Gasteiger partial charge in [-0.05, 0) is 73.0 Å². The van der Waals surface area contributed by atoms with E-state index in [1.165, 1.54) is 57.8 Å². The molecule has 0 saturated heterocycles. The molecule has 4 atom stereocenters. The minimum absolute atomic E-state index is 0.529. The van der Waals surface area contributed by atoms with Gasteiger partial charge in [0.25, 0.3) is 0 Å². The summed E-state index contributed by atoms with van der Waals surface area (Å²) in [5.74, 6) is 3.87. The minimum atomic E-state index is 0.529. The van der Waals surface area contributed by atoms with Gasteiger partial charge in [-0.15, -0.1) is 0 Å². The van der Waals surface area contributed by atoms with Crippen LogP contribution in [0.3, 0.4) is 0 Å². The van der Waals surface area contributed by atoms with E-state index in [0.29, 0.717) is 10.8 Å². The molecule has 1 rings (SSSR count). The first kappa shape index (κ1) is 21.0. The molecule has 0 heterocycles. The van der Waals surface area contributed by atoms with Crippen LogP contribution in [-0.2, 0) is 0 Å². The zero-order valence-electron chi connectivity index (χ0n) is 17.7. The summed E-state index contributed by atoms with van der Waals surface area (Å²) in [5, 5.41) is 0. The third-order valence-electron chi connectivity index (χ3n) is 5.99. The Kier molecular flexibility index (Phi) is 8.15. The molecule has 23 heavy (non-hydrogen) atoms. The second-order valence-corrected chi connectivity index (χ2v) is 10.9. The molecule has 0 bridgehead atoms.